The first-order chi connectivity index (χ1) is 9.58. The predicted molar refractivity (Wildman–Crippen MR) is 88.2 cm³/mol. The smallest absolute Gasteiger partial charge is 0.270 e. The van der Waals surface area contributed by atoms with Crippen LogP contribution in [0.5, 0.6) is 0 Å². The number of halogens is 1. The fourth-order valence-corrected chi connectivity index (χ4v) is 3.89. The Balaban J connectivity index is 2.00. The highest BCUT2D eigenvalue weighted by Gasteiger charge is 2.18. The van der Waals surface area contributed by atoms with Crippen molar-refractivity contribution in [3.63, 3.8) is 0 Å². The van der Waals surface area contributed by atoms with Gasteiger partial charge in [0.15, 0.2) is 0 Å². The Hall–Kier alpha value is -0.830. The first kappa shape index (κ1) is 15.6. The van der Waals surface area contributed by atoms with Gasteiger partial charge in [-0.1, -0.05) is 6.42 Å². The number of benzene rings is 1. The maximum absolute atomic E-state index is 12.1. The van der Waals surface area contributed by atoms with Crippen molar-refractivity contribution in [2.45, 2.75) is 24.5 Å². The monoisotopic (exact) mass is 406 g/mol. The number of amides is 1. The molecule has 0 spiro atoms. The van der Waals surface area contributed by atoms with E-state index in [2.05, 4.69) is 5.32 Å². The number of carbonyl (C=O) groups excluding carboxylic acids is 1. The molecule has 0 aromatic heterocycles. The van der Waals surface area contributed by atoms with E-state index in [4.69, 9.17) is 0 Å². The van der Waals surface area contributed by atoms with E-state index >= 15 is 0 Å². The Bertz CT molecular complexity index is 518. The molecule has 20 heavy (non-hydrogen) atoms. The first-order valence-electron chi connectivity index (χ1n) is 6.41. The molecule has 0 radical (unpaired) electrons. The topological polar surface area (TPSA) is 72.2 Å². The molecule has 5 nitrogen and oxygen atoms in total. The van der Waals surface area contributed by atoms with Gasteiger partial charge in [-0.3, -0.25) is 14.9 Å². The van der Waals surface area contributed by atoms with Gasteiger partial charge in [0.2, 0.25) is 0 Å². The summed E-state index contributed by atoms with van der Waals surface area (Å²) < 4.78 is 0.724. The lowest BCUT2D eigenvalue weighted by molar-refractivity contribution is -0.384. The Kier molecular flexibility index (Phi) is 5.64. The maximum Gasteiger partial charge on any atom is 0.270 e. The Morgan fingerprint density at radius 2 is 2.30 bits per heavy atom. The molecule has 0 aliphatic carbocycles. The number of carbonyl (C=O) groups is 1. The van der Waals surface area contributed by atoms with Crippen molar-refractivity contribution in [2.24, 2.45) is 0 Å². The van der Waals surface area contributed by atoms with Gasteiger partial charge in [-0.25, -0.2) is 0 Å². The number of nitro benzene ring substituents is 1. The molecule has 1 aliphatic heterocycles. The van der Waals surface area contributed by atoms with Gasteiger partial charge in [0.25, 0.3) is 11.6 Å². The molecule has 7 heteroatoms. The van der Waals surface area contributed by atoms with Gasteiger partial charge in [-0.2, -0.15) is 11.8 Å². The summed E-state index contributed by atoms with van der Waals surface area (Å²) in [6.07, 6.45) is 3.58. The molecule has 1 amide bonds. The third-order valence-electron chi connectivity index (χ3n) is 3.17. The molecule has 2 rings (SSSR count). The van der Waals surface area contributed by atoms with Crippen molar-refractivity contribution in [1.29, 1.82) is 0 Å². The second-order valence-electron chi connectivity index (χ2n) is 4.62. The summed E-state index contributed by atoms with van der Waals surface area (Å²) in [5.41, 5.74) is 0.322. The summed E-state index contributed by atoms with van der Waals surface area (Å²) in [6.45, 7) is 0.627. The normalized spacial score (nSPS) is 18.6. The van der Waals surface area contributed by atoms with Gasteiger partial charge >= 0.3 is 0 Å². The zero-order chi connectivity index (χ0) is 14.5. The van der Waals surface area contributed by atoms with Crippen molar-refractivity contribution in [3.8, 4) is 0 Å². The average Bonchev–Trinajstić information content (AvgIpc) is 2.46. The summed E-state index contributed by atoms with van der Waals surface area (Å²) in [6, 6.07) is 4.35. The maximum atomic E-state index is 12.1. The third-order valence-corrected chi connectivity index (χ3v) is 5.51. The SMILES string of the molecule is O=C(NCC1CCCCS1)c1cc([N+](=O)[O-])ccc1I. The van der Waals surface area contributed by atoms with Gasteiger partial charge in [0.1, 0.15) is 0 Å². The molecule has 1 aromatic carbocycles. The van der Waals surface area contributed by atoms with E-state index in [1.54, 1.807) is 6.07 Å². The summed E-state index contributed by atoms with van der Waals surface area (Å²) >= 11 is 3.91. The van der Waals surface area contributed by atoms with Gasteiger partial charge in [-0.15, -0.1) is 0 Å². The van der Waals surface area contributed by atoms with Crippen LogP contribution in [-0.4, -0.2) is 28.4 Å². The van der Waals surface area contributed by atoms with Crippen LogP contribution in [0.15, 0.2) is 18.2 Å². The molecule has 1 aliphatic rings. The molecule has 1 N–H and O–H groups in total. The van der Waals surface area contributed by atoms with Crippen LogP contribution >= 0.6 is 34.4 Å². The van der Waals surface area contributed by atoms with E-state index < -0.39 is 4.92 Å². The molecule has 1 atom stereocenters. The van der Waals surface area contributed by atoms with E-state index in [1.807, 2.05) is 34.4 Å². The lowest BCUT2D eigenvalue weighted by Gasteiger charge is -2.21. The molecular weight excluding hydrogens is 391 g/mol. The summed E-state index contributed by atoms with van der Waals surface area (Å²) in [5.74, 6) is 0.916. The van der Waals surface area contributed by atoms with Crippen LogP contribution in [0.25, 0.3) is 0 Å². The van der Waals surface area contributed by atoms with Crippen LogP contribution in [0.2, 0.25) is 0 Å². The predicted octanol–water partition coefficient (Wildman–Crippen LogP) is 3.21. The highest BCUT2D eigenvalue weighted by molar-refractivity contribution is 14.1. The van der Waals surface area contributed by atoms with Crippen LogP contribution in [0.3, 0.4) is 0 Å². The minimum atomic E-state index is -0.482. The van der Waals surface area contributed by atoms with E-state index in [0.29, 0.717) is 17.4 Å². The molecule has 0 bridgehead atoms. The van der Waals surface area contributed by atoms with Crippen molar-refractivity contribution in [1.82, 2.24) is 5.32 Å². The van der Waals surface area contributed by atoms with E-state index in [-0.39, 0.29) is 11.6 Å². The lowest BCUT2D eigenvalue weighted by atomic mass is 10.1. The minimum Gasteiger partial charge on any atom is -0.351 e. The Morgan fingerprint density at radius 1 is 1.50 bits per heavy atom. The van der Waals surface area contributed by atoms with E-state index in [0.717, 1.165) is 15.7 Å². The average molecular weight is 406 g/mol. The lowest BCUT2D eigenvalue weighted by Crippen LogP contribution is -2.32. The van der Waals surface area contributed by atoms with E-state index in [1.165, 1.54) is 25.0 Å². The van der Waals surface area contributed by atoms with Crippen molar-refractivity contribution < 1.29 is 9.72 Å². The summed E-state index contributed by atoms with van der Waals surface area (Å²) in [7, 11) is 0. The van der Waals surface area contributed by atoms with Crippen LogP contribution in [0.1, 0.15) is 29.6 Å². The number of hydrogen-bond acceptors (Lipinski definition) is 4. The van der Waals surface area contributed by atoms with Crippen molar-refractivity contribution >= 4 is 45.9 Å². The van der Waals surface area contributed by atoms with Crippen molar-refractivity contribution in [2.75, 3.05) is 12.3 Å². The quantitative estimate of drug-likeness (QED) is 0.474. The number of non-ortho nitro benzene ring substituents is 1. The standard InChI is InChI=1S/C13H15IN2O3S/c14-12-5-4-9(16(18)19)7-11(12)13(17)15-8-10-3-1-2-6-20-10/h4-5,7,10H,1-3,6,8H2,(H,15,17). The highest BCUT2D eigenvalue weighted by Crippen LogP contribution is 2.24. The van der Waals surface area contributed by atoms with Crippen LogP contribution in [0.4, 0.5) is 5.69 Å². The summed E-state index contributed by atoms with van der Waals surface area (Å²) in [5, 5.41) is 14.1. The highest BCUT2D eigenvalue weighted by atomic mass is 127. The van der Waals surface area contributed by atoms with E-state index in [9.17, 15) is 14.9 Å². The van der Waals surface area contributed by atoms with Gasteiger partial charge < -0.3 is 5.32 Å². The molecule has 0 saturated carbocycles. The largest absolute Gasteiger partial charge is 0.351 e. The van der Waals surface area contributed by atoms with Gasteiger partial charge in [0, 0.05) is 27.5 Å². The Labute approximate surface area is 135 Å². The van der Waals surface area contributed by atoms with Gasteiger partial charge in [0.05, 0.1) is 10.5 Å². The van der Waals surface area contributed by atoms with Crippen molar-refractivity contribution in [3.05, 3.63) is 37.4 Å². The zero-order valence-electron chi connectivity index (χ0n) is 10.8. The fourth-order valence-electron chi connectivity index (χ4n) is 2.07. The number of nitro groups is 1. The van der Waals surface area contributed by atoms with Gasteiger partial charge in [-0.05, 0) is 47.3 Å². The molecular formula is C13H15IN2O3S. The number of thioether (sulfide) groups is 1. The molecule has 1 unspecified atom stereocenters. The zero-order valence-corrected chi connectivity index (χ0v) is 13.8. The first-order valence-corrected chi connectivity index (χ1v) is 8.54. The molecule has 108 valence electrons. The Morgan fingerprint density at radius 3 is 2.95 bits per heavy atom. The number of rotatable bonds is 4. The fraction of sp³-hybridized carbons (Fsp3) is 0.462. The third kappa shape index (κ3) is 4.08. The minimum absolute atomic E-state index is 0.0531. The summed E-state index contributed by atoms with van der Waals surface area (Å²) in [4.78, 5) is 22.4. The number of nitrogens with one attached hydrogen (secondary N) is 1. The van der Waals surface area contributed by atoms with Crippen LogP contribution in [0, 0.1) is 13.7 Å². The van der Waals surface area contributed by atoms with Crippen LogP contribution in [-0.2, 0) is 0 Å². The second kappa shape index (κ2) is 7.26. The molecule has 1 heterocycles. The number of nitrogens with zero attached hydrogens (tertiary/aromatic N) is 1. The number of hydrogen-bond donors (Lipinski definition) is 1. The molecule has 1 saturated heterocycles. The van der Waals surface area contributed by atoms with Crippen LogP contribution < -0.4 is 5.32 Å². The molecule has 1 aromatic rings. The molecule has 1 fully saturated rings. The second-order valence-corrected chi connectivity index (χ2v) is 7.19.